The highest BCUT2D eigenvalue weighted by Crippen LogP contribution is 2.27. The summed E-state index contributed by atoms with van der Waals surface area (Å²) in [7, 11) is 0. The van der Waals surface area contributed by atoms with Crippen molar-refractivity contribution in [2.75, 3.05) is 6.61 Å². The number of hydrazone groups is 1. The number of nitro benzene ring substituents is 1. The molecule has 0 fully saturated rings. The molecule has 168 valence electrons. The SMILES string of the molecule is Cc1ccc(OCC(=O)N/N=C/c2cccc(OC(=O)/C=C/c3ccco3)c2)c([N+](=O)[O-])c1. The van der Waals surface area contributed by atoms with Gasteiger partial charge in [-0.2, -0.15) is 5.10 Å². The van der Waals surface area contributed by atoms with E-state index in [2.05, 4.69) is 10.5 Å². The Balaban J connectivity index is 1.50. The summed E-state index contributed by atoms with van der Waals surface area (Å²) in [6.45, 7) is 1.26. The van der Waals surface area contributed by atoms with E-state index in [9.17, 15) is 19.7 Å². The van der Waals surface area contributed by atoms with Crippen LogP contribution in [0.5, 0.6) is 11.5 Å². The monoisotopic (exact) mass is 449 g/mol. The topological polar surface area (TPSA) is 133 Å². The van der Waals surface area contributed by atoms with Crippen LogP contribution >= 0.6 is 0 Å². The van der Waals surface area contributed by atoms with Crippen molar-refractivity contribution in [2.45, 2.75) is 6.92 Å². The molecule has 0 saturated carbocycles. The molecule has 1 aromatic heterocycles. The van der Waals surface area contributed by atoms with Crippen molar-refractivity contribution < 1.29 is 28.4 Å². The highest BCUT2D eigenvalue weighted by atomic mass is 16.6. The zero-order valence-corrected chi connectivity index (χ0v) is 17.5. The van der Waals surface area contributed by atoms with Crippen LogP contribution in [0.4, 0.5) is 5.69 Å². The van der Waals surface area contributed by atoms with Crippen molar-refractivity contribution in [3.63, 3.8) is 0 Å². The molecule has 1 amide bonds. The molecule has 0 aliphatic rings. The molecular formula is C23H19N3O7. The molecule has 2 aromatic carbocycles. The molecule has 3 rings (SSSR count). The number of hydrogen-bond donors (Lipinski definition) is 1. The number of nitrogens with zero attached hydrogens (tertiary/aromatic N) is 2. The fourth-order valence-electron chi connectivity index (χ4n) is 2.59. The van der Waals surface area contributed by atoms with Gasteiger partial charge < -0.3 is 13.9 Å². The molecule has 0 bridgehead atoms. The number of esters is 1. The number of nitro groups is 1. The summed E-state index contributed by atoms with van der Waals surface area (Å²) in [5.74, 6) is -0.401. The smallest absolute Gasteiger partial charge is 0.336 e. The average molecular weight is 449 g/mol. The lowest BCUT2D eigenvalue weighted by Gasteiger charge is -2.06. The summed E-state index contributed by atoms with van der Waals surface area (Å²) in [5, 5.41) is 14.9. The average Bonchev–Trinajstić information content (AvgIpc) is 3.31. The maximum Gasteiger partial charge on any atom is 0.336 e. The fraction of sp³-hybridized carbons (Fsp3) is 0.0870. The molecule has 33 heavy (non-hydrogen) atoms. The largest absolute Gasteiger partial charge is 0.477 e. The highest BCUT2D eigenvalue weighted by Gasteiger charge is 2.16. The first kappa shape index (κ1) is 22.9. The van der Waals surface area contributed by atoms with Gasteiger partial charge in [-0.3, -0.25) is 14.9 Å². The predicted octanol–water partition coefficient (Wildman–Crippen LogP) is 3.64. The standard InChI is InChI=1S/C23H19N3O7/c1-16-7-9-21(20(12-16)26(29)30)32-15-22(27)25-24-14-17-4-2-5-19(13-17)33-23(28)10-8-18-6-3-11-31-18/h2-14H,15H2,1H3,(H,25,27)/b10-8+,24-14+. The van der Waals surface area contributed by atoms with Gasteiger partial charge in [0.1, 0.15) is 11.5 Å². The van der Waals surface area contributed by atoms with Gasteiger partial charge in [-0.1, -0.05) is 18.2 Å². The number of rotatable bonds is 9. The Morgan fingerprint density at radius 2 is 2.03 bits per heavy atom. The molecule has 10 heteroatoms. The zero-order valence-electron chi connectivity index (χ0n) is 17.5. The lowest BCUT2D eigenvalue weighted by Crippen LogP contribution is -2.24. The summed E-state index contributed by atoms with van der Waals surface area (Å²) in [6.07, 6.45) is 5.56. The van der Waals surface area contributed by atoms with E-state index < -0.39 is 23.4 Å². The third-order valence-electron chi connectivity index (χ3n) is 4.08. The maximum absolute atomic E-state index is 11.9. The second-order valence-electron chi connectivity index (χ2n) is 6.65. The van der Waals surface area contributed by atoms with Crippen molar-refractivity contribution in [1.29, 1.82) is 0 Å². The summed E-state index contributed by atoms with van der Waals surface area (Å²) < 4.78 is 15.5. The quantitative estimate of drug-likeness (QED) is 0.132. The van der Waals surface area contributed by atoms with Crippen molar-refractivity contribution >= 4 is 29.9 Å². The molecule has 3 aromatic rings. The summed E-state index contributed by atoms with van der Waals surface area (Å²) in [4.78, 5) is 34.3. The van der Waals surface area contributed by atoms with Crippen LogP contribution in [0.25, 0.3) is 6.08 Å². The Morgan fingerprint density at radius 3 is 2.79 bits per heavy atom. The van der Waals surface area contributed by atoms with Crippen molar-refractivity contribution in [1.82, 2.24) is 5.43 Å². The number of ether oxygens (including phenoxy) is 2. The minimum absolute atomic E-state index is 0.0136. The number of carbonyl (C=O) groups excluding carboxylic acids is 2. The number of amides is 1. The first-order chi connectivity index (χ1) is 15.9. The van der Waals surface area contributed by atoms with Gasteiger partial charge in [0.05, 0.1) is 17.4 Å². The Labute approximate surface area is 188 Å². The van der Waals surface area contributed by atoms with Gasteiger partial charge in [0.15, 0.2) is 12.4 Å². The number of furan rings is 1. The predicted molar refractivity (Wildman–Crippen MR) is 119 cm³/mol. The lowest BCUT2D eigenvalue weighted by molar-refractivity contribution is -0.385. The Hall–Kier alpha value is -4.73. The van der Waals surface area contributed by atoms with Crippen LogP contribution in [-0.4, -0.2) is 29.6 Å². The summed E-state index contributed by atoms with van der Waals surface area (Å²) >= 11 is 0. The van der Waals surface area contributed by atoms with Crippen LogP contribution < -0.4 is 14.9 Å². The highest BCUT2D eigenvalue weighted by molar-refractivity contribution is 5.89. The van der Waals surface area contributed by atoms with Gasteiger partial charge >= 0.3 is 11.7 Å². The first-order valence-corrected chi connectivity index (χ1v) is 9.64. The van der Waals surface area contributed by atoms with E-state index in [1.54, 1.807) is 49.4 Å². The van der Waals surface area contributed by atoms with E-state index in [0.717, 1.165) is 0 Å². The molecule has 0 aliphatic carbocycles. The minimum Gasteiger partial charge on any atom is -0.477 e. The summed E-state index contributed by atoms with van der Waals surface area (Å²) in [6, 6.07) is 14.3. The molecule has 10 nitrogen and oxygen atoms in total. The van der Waals surface area contributed by atoms with E-state index in [1.807, 2.05) is 0 Å². The van der Waals surface area contributed by atoms with Gasteiger partial charge in [0.25, 0.3) is 5.91 Å². The molecule has 0 saturated heterocycles. The number of nitrogens with one attached hydrogen (secondary N) is 1. The summed E-state index contributed by atoms with van der Waals surface area (Å²) in [5.41, 5.74) is 3.30. The Kier molecular flexibility index (Phi) is 7.68. The van der Waals surface area contributed by atoms with E-state index in [1.165, 1.54) is 36.8 Å². The van der Waals surface area contributed by atoms with Crippen LogP contribution in [0.3, 0.4) is 0 Å². The number of hydrogen-bond acceptors (Lipinski definition) is 8. The van der Waals surface area contributed by atoms with Gasteiger partial charge in [-0.05, 0) is 54.5 Å². The first-order valence-electron chi connectivity index (χ1n) is 9.64. The van der Waals surface area contributed by atoms with E-state index >= 15 is 0 Å². The van der Waals surface area contributed by atoms with Crippen LogP contribution in [0.1, 0.15) is 16.9 Å². The number of carbonyl (C=O) groups is 2. The normalized spacial score (nSPS) is 10.9. The van der Waals surface area contributed by atoms with Crippen molar-refractivity contribution in [2.24, 2.45) is 5.10 Å². The number of benzene rings is 2. The Morgan fingerprint density at radius 1 is 1.18 bits per heavy atom. The molecular weight excluding hydrogens is 430 g/mol. The van der Waals surface area contributed by atoms with Crippen LogP contribution in [0.2, 0.25) is 0 Å². The second-order valence-corrected chi connectivity index (χ2v) is 6.65. The van der Waals surface area contributed by atoms with Crippen molar-refractivity contribution in [3.8, 4) is 11.5 Å². The maximum atomic E-state index is 11.9. The van der Waals surface area contributed by atoms with Crippen LogP contribution in [0, 0.1) is 17.0 Å². The van der Waals surface area contributed by atoms with Crippen LogP contribution in [0.15, 0.2) is 76.5 Å². The lowest BCUT2D eigenvalue weighted by atomic mass is 10.2. The molecule has 0 spiro atoms. The molecule has 0 atom stereocenters. The number of aryl methyl sites for hydroxylation is 1. The van der Waals surface area contributed by atoms with Gasteiger partial charge in [-0.25, -0.2) is 10.2 Å². The molecule has 0 radical (unpaired) electrons. The van der Waals surface area contributed by atoms with Gasteiger partial charge in [0.2, 0.25) is 0 Å². The minimum atomic E-state index is -0.605. The third kappa shape index (κ3) is 7.17. The fourth-order valence-corrected chi connectivity index (χ4v) is 2.59. The van der Waals surface area contributed by atoms with E-state index in [4.69, 9.17) is 13.9 Å². The van der Waals surface area contributed by atoms with Gasteiger partial charge in [0, 0.05) is 12.1 Å². The molecule has 0 unspecified atom stereocenters. The van der Waals surface area contributed by atoms with Crippen molar-refractivity contribution in [3.05, 3.63) is 93.9 Å². The molecule has 0 aliphatic heterocycles. The van der Waals surface area contributed by atoms with E-state index in [0.29, 0.717) is 16.9 Å². The zero-order chi connectivity index (χ0) is 23.6. The molecule has 1 heterocycles. The molecule has 1 N–H and O–H groups in total. The second kappa shape index (κ2) is 11.0. The third-order valence-corrected chi connectivity index (χ3v) is 4.08. The van der Waals surface area contributed by atoms with Crippen LogP contribution in [-0.2, 0) is 9.59 Å². The Bertz CT molecular complexity index is 1200. The van der Waals surface area contributed by atoms with Gasteiger partial charge in [-0.15, -0.1) is 0 Å². The van der Waals surface area contributed by atoms with E-state index in [-0.39, 0.29) is 17.2 Å².